The fraction of sp³-hybridized carbons (Fsp3) is 0.214. The van der Waals surface area contributed by atoms with Gasteiger partial charge in [0.25, 0.3) is 10.0 Å². The van der Waals surface area contributed by atoms with Crippen molar-refractivity contribution in [3.05, 3.63) is 52.8 Å². The molecule has 0 amide bonds. The van der Waals surface area contributed by atoms with Gasteiger partial charge in [0, 0.05) is 0 Å². The molecule has 0 fully saturated rings. The van der Waals surface area contributed by atoms with Gasteiger partial charge in [0.15, 0.2) is 0 Å². The zero-order chi connectivity index (χ0) is 14.8. The van der Waals surface area contributed by atoms with Gasteiger partial charge in [0.05, 0.1) is 16.8 Å². The molecule has 0 aliphatic heterocycles. The molecule has 0 saturated heterocycles. The summed E-state index contributed by atoms with van der Waals surface area (Å²) in [7, 11) is -3.57. The molecule has 1 aromatic carbocycles. The van der Waals surface area contributed by atoms with Gasteiger partial charge in [-0.15, -0.1) is 0 Å². The Hall–Kier alpha value is -1.40. The third-order valence-corrected chi connectivity index (χ3v) is 4.70. The average Bonchev–Trinajstić information content (AvgIpc) is 2.41. The van der Waals surface area contributed by atoms with Crippen molar-refractivity contribution in [3.63, 3.8) is 0 Å². The molecular formula is C14H15BrN2O2S. The molecule has 0 aliphatic carbocycles. The second kappa shape index (κ2) is 5.93. The number of anilines is 1. The van der Waals surface area contributed by atoms with Crippen LogP contribution in [0.4, 0.5) is 5.69 Å². The molecule has 106 valence electrons. The summed E-state index contributed by atoms with van der Waals surface area (Å²) < 4.78 is 27.6. The summed E-state index contributed by atoms with van der Waals surface area (Å²) in [6.07, 6.45) is 1.46. The number of halogens is 1. The van der Waals surface area contributed by atoms with Crippen LogP contribution in [0.2, 0.25) is 0 Å². The van der Waals surface area contributed by atoms with Crippen molar-refractivity contribution in [1.82, 2.24) is 4.98 Å². The lowest BCUT2D eigenvalue weighted by Crippen LogP contribution is -2.13. The highest BCUT2D eigenvalue weighted by molar-refractivity contribution is 9.10. The molecule has 6 heteroatoms. The molecule has 0 unspecified atom stereocenters. The number of hydrogen-bond acceptors (Lipinski definition) is 3. The van der Waals surface area contributed by atoms with Crippen LogP contribution in [0.25, 0.3) is 0 Å². The van der Waals surface area contributed by atoms with E-state index in [1.54, 1.807) is 24.3 Å². The van der Waals surface area contributed by atoms with Crippen LogP contribution in [0.3, 0.4) is 0 Å². The summed E-state index contributed by atoms with van der Waals surface area (Å²) >= 11 is 3.20. The van der Waals surface area contributed by atoms with Crippen LogP contribution in [-0.2, 0) is 10.0 Å². The highest BCUT2D eigenvalue weighted by Gasteiger charge is 2.14. The minimum atomic E-state index is -3.57. The number of nitrogens with zero attached hydrogens (tertiary/aromatic N) is 1. The summed E-state index contributed by atoms with van der Waals surface area (Å²) in [5.74, 6) is 0.371. The van der Waals surface area contributed by atoms with Crippen molar-refractivity contribution in [3.8, 4) is 0 Å². The predicted octanol–water partition coefficient (Wildman–Crippen LogP) is 3.77. The van der Waals surface area contributed by atoms with E-state index in [9.17, 15) is 8.42 Å². The first-order valence-electron chi connectivity index (χ1n) is 6.13. The van der Waals surface area contributed by atoms with Crippen LogP contribution in [-0.4, -0.2) is 13.4 Å². The maximum absolute atomic E-state index is 12.2. The summed E-state index contributed by atoms with van der Waals surface area (Å²) in [5.41, 5.74) is 1.54. The van der Waals surface area contributed by atoms with Crippen molar-refractivity contribution in [2.45, 2.75) is 24.7 Å². The van der Waals surface area contributed by atoms with Gasteiger partial charge >= 0.3 is 0 Å². The number of hydrogen-bond donors (Lipinski definition) is 1. The van der Waals surface area contributed by atoms with Gasteiger partial charge in [-0.05, 0) is 51.7 Å². The van der Waals surface area contributed by atoms with Crippen LogP contribution < -0.4 is 4.72 Å². The standard InChI is InChI=1S/C14H15BrN2O2S/c1-10(2)11-3-6-13(7-4-11)20(18,19)17-12-5-8-14(15)16-9-12/h3-10,17H,1-2H3. The quantitative estimate of drug-likeness (QED) is 0.850. The molecule has 0 atom stereocenters. The van der Waals surface area contributed by atoms with E-state index in [4.69, 9.17) is 0 Å². The van der Waals surface area contributed by atoms with Gasteiger partial charge < -0.3 is 0 Å². The lowest BCUT2D eigenvalue weighted by Gasteiger charge is -2.09. The molecule has 2 aromatic rings. The van der Waals surface area contributed by atoms with Gasteiger partial charge in [-0.3, -0.25) is 4.72 Å². The van der Waals surface area contributed by atoms with Gasteiger partial charge in [-0.2, -0.15) is 0 Å². The Balaban J connectivity index is 2.23. The summed E-state index contributed by atoms with van der Waals surface area (Å²) in [4.78, 5) is 4.22. The highest BCUT2D eigenvalue weighted by atomic mass is 79.9. The van der Waals surface area contributed by atoms with Crippen molar-refractivity contribution >= 4 is 31.6 Å². The Morgan fingerprint density at radius 2 is 1.75 bits per heavy atom. The third kappa shape index (κ3) is 3.58. The van der Waals surface area contributed by atoms with Crippen molar-refractivity contribution in [1.29, 1.82) is 0 Å². The van der Waals surface area contributed by atoms with E-state index < -0.39 is 10.0 Å². The van der Waals surface area contributed by atoms with E-state index in [0.29, 0.717) is 16.2 Å². The number of sulfonamides is 1. The first-order chi connectivity index (χ1) is 9.38. The Morgan fingerprint density at radius 3 is 2.25 bits per heavy atom. The molecule has 2 rings (SSSR count). The molecule has 0 aliphatic rings. The fourth-order valence-electron chi connectivity index (χ4n) is 1.68. The van der Waals surface area contributed by atoms with Crippen LogP contribution in [0.1, 0.15) is 25.3 Å². The Kier molecular flexibility index (Phi) is 4.45. The molecule has 0 radical (unpaired) electrons. The van der Waals surface area contributed by atoms with Crippen LogP contribution in [0, 0.1) is 0 Å². The minimum Gasteiger partial charge on any atom is -0.278 e. The number of nitrogens with one attached hydrogen (secondary N) is 1. The Bertz CT molecular complexity index is 680. The van der Waals surface area contributed by atoms with E-state index in [2.05, 4.69) is 39.5 Å². The molecule has 4 nitrogen and oxygen atoms in total. The molecule has 0 spiro atoms. The molecule has 20 heavy (non-hydrogen) atoms. The Labute approximate surface area is 127 Å². The summed E-state index contributed by atoms with van der Waals surface area (Å²) in [6.45, 7) is 4.13. The number of aromatic nitrogens is 1. The molecule has 1 aromatic heterocycles. The molecular weight excluding hydrogens is 340 g/mol. The first kappa shape index (κ1) is 15.0. The van der Waals surface area contributed by atoms with Crippen LogP contribution >= 0.6 is 15.9 Å². The number of rotatable bonds is 4. The van der Waals surface area contributed by atoms with Gasteiger partial charge in [0.1, 0.15) is 4.60 Å². The second-order valence-electron chi connectivity index (χ2n) is 4.70. The van der Waals surface area contributed by atoms with E-state index in [-0.39, 0.29) is 4.90 Å². The van der Waals surface area contributed by atoms with Gasteiger partial charge in [-0.1, -0.05) is 26.0 Å². The second-order valence-corrected chi connectivity index (χ2v) is 7.19. The highest BCUT2D eigenvalue weighted by Crippen LogP contribution is 2.20. The zero-order valence-electron chi connectivity index (χ0n) is 11.2. The first-order valence-corrected chi connectivity index (χ1v) is 8.40. The van der Waals surface area contributed by atoms with E-state index in [0.717, 1.165) is 5.56 Å². The lowest BCUT2D eigenvalue weighted by molar-refractivity contribution is 0.601. The average molecular weight is 355 g/mol. The maximum Gasteiger partial charge on any atom is 0.261 e. The van der Waals surface area contributed by atoms with E-state index in [1.807, 2.05) is 12.1 Å². The number of benzene rings is 1. The summed E-state index contributed by atoms with van der Waals surface area (Å²) in [6, 6.07) is 10.2. The largest absolute Gasteiger partial charge is 0.278 e. The van der Waals surface area contributed by atoms with Crippen molar-refractivity contribution < 1.29 is 8.42 Å². The summed E-state index contributed by atoms with van der Waals surface area (Å²) in [5, 5.41) is 0. The van der Waals surface area contributed by atoms with Crippen molar-refractivity contribution in [2.75, 3.05) is 4.72 Å². The normalized spacial score (nSPS) is 11.6. The molecule has 1 heterocycles. The van der Waals surface area contributed by atoms with E-state index in [1.165, 1.54) is 6.20 Å². The maximum atomic E-state index is 12.2. The monoisotopic (exact) mass is 354 g/mol. The lowest BCUT2D eigenvalue weighted by atomic mass is 10.0. The van der Waals surface area contributed by atoms with Crippen LogP contribution in [0.5, 0.6) is 0 Å². The third-order valence-electron chi connectivity index (χ3n) is 2.84. The van der Waals surface area contributed by atoms with Crippen LogP contribution in [0.15, 0.2) is 52.1 Å². The predicted molar refractivity (Wildman–Crippen MR) is 83.3 cm³/mol. The fourth-order valence-corrected chi connectivity index (χ4v) is 2.96. The van der Waals surface area contributed by atoms with Gasteiger partial charge in [0.2, 0.25) is 0 Å². The zero-order valence-corrected chi connectivity index (χ0v) is 13.6. The SMILES string of the molecule is CC(C)c1ccc(S(=O)(=O)Nc2ccc(Br)nc2)cc1. The van der Waals surface area contributed by atoms with Gasteiger partial charge in [-0.25, -0.2) is 13.4 Å². The molecule has 0 saturated carbocycles. The Morgan fingerprint density at radius 1 is 1.10 bits per heavy atom. The topological polar surface area (TPSA) is 59.1 Å². The minimum absolute atomic E-state index is 0.241. The number of pyridine rings is 1. The smallest absolute Gasteiger partial charge is 0.261 e. The van der Waals surface area contributed by atoms with E-state index >= 15 is 0 Å². The van der Waals surface area contributed by atoms with Crippen molar-refractivity contribution in [2.24, 2.45) is 0 Å². The molecule has 1 N–H and O–H groups in total. The molecule has 0 bridgehead atoms.